The van der Waals surface area contributed by atoms with Crippen LogP contribution in [-0.4, -0.2) is 23.5 Å². The number of nitrogens with zero attached hydrogens (tertiary/aromatic N) is 1. The minimum absolute atomic E-state index is 0.240. The van der Waals surface area contributed by atoms with E-state index in [1.54, 1.807) is 0 Å². The lowest BCUT2D eigenvalue weighted by atomic mass is 9.95. The Morgan fingerprint density at radius 3 is 2.78 bits per heavy atom. The lowest BCUT2D eigenvalue weighted by Crippen LogP contribution is -2.43. The smallest absolute Gasteiger partial charge is 0.0502 e. The number of likely N-dealkylation sites (tertiary alicyclic amines) is 1. The van der Waals surface area contributed by atoms with E-state index in [0.717, 1.165) is 17.4 Å². The molecule has 0 aliphatic carbocycles. The molecule has 0 amide bonds. The average molecular weight is 311 g/mol. The van der Waals surface area contributed by atoms with Crippen molar-refractivity contribution in [3.8, 4) is 0 Å². The molecule has 1 saturated heterocycles. The van der Waals surface area contributed by atoms with Gasteiger partial charge in [-0.15, -0.1) is 0 Å². The van der Waals surface area contributed by atoms with E-state index in [4.69, 9.17) is 5.73 Å². The minimum Gasteiger partial charge on any atom is -0.326 e. The third-order valence-electron chi connectivity index (χ3n) is 3.82. The van der Waals surface area contributed by atoms with Crippen LogP contribution in [-0.2, 0) is 0 Å². The third kappa shape index (κ3) is 3.14. The van der Waals surface area contributed by atoms with E-state index in [-0.39, 0.29) is 6.04 Å². The van der Waals surface area contributed by atoms with Crippen molar-refractivity contribution in [2.45, 2.75) is 51.2 Å². The summed E-state index contributed by atoms with van der Waals surface area (Å²) in [4.78, 5) is 2.55. The summed E-state index contributed by atoms with van der Waals surface area (Å²) in [5.41, 5.74) is 7.77. The lowest BCUT2D eigenvalue weighted by Gasteiger charge is -2.36. The van der Waals surface area contributed by atoms with E-state index >= 15 is 0 Å². The summed E-state index contributed by atoms with van der Waals surface area (Å²) in [7, 11) is 0. The normalized spacial score (nSPS) is 26.3. The van der Waals surface area contributed by atoms with Crippen LogP contribution in [0, 0.1) is 0 Å². The third-order valence-corrected chi connectivity index (χ3v) is 4.31. The zero-order chi connectivity index (χ0) is 13.1. The summed E-state index contributed by atoms with van der Waals surface area (Å²) < 4.78 is 1.14. The highest BCUT2D eigenvalue weighted by atomic mass is 79.9. The second kappa shape index (κ2) is 6.18. The van der Waals surface area contributed by atoms with Crippen LogP contribution in [0.4, 0.5) is 0 Å². The number of rotatable bonds is 2. The zero-order valence-corrected chi connectivity index (χ0v) is 12.9. The summed E-state index contributed by atoms with van der Waals surface area (Å²) in [5, 5.41) is 0. The van der Waals surface area contributed by atoms with Crippen molar-refractivity contribution in [3.63, 3.8) is 0 Å². The Labute approximate surface area is 119 Å². The molecule has 3 heteroatoms. The van der Waals surface area contributed by atoms with Gasteiger partial charge in [-0.25, -0.2) is 0 Å². The highest BCUT2D eigenvalue weighted by Crippen LogP contribution is 2.32. The maximum absolute atomic E-state index is 6.43. The molecule has 1 aliphatic heterocycles. The van der Waals surface area contributed by atoms with E-state index in [9.17, 15) is 0 Å². The van der Waals surface area contributed by atoms with Gasteiger partial charge in [0.15, 0.2) is 0 Å². The number of halogens is 1. The van der Waals surface area contributed by atoms with Crippen molar-refractivity contribution in [3.05, 3.63) is 34.3 Å². The Bertz CT molecular complexity index is 392. The van der Waals surface area contributed by atoms with Crippen LogP contribution in [0.2, 0.25) is 0 Å². The van der Waals surface area contributed by atoms with E-state index < -0.39 is 0 Å². The Hall–Kier alpha value is -0.380. The second-order valence-corrected chi connectivity index (χ2v) is 6.41. The van der Waals surface area contributed by atoms with Crippen molar-refractivity contribution in [2.75, 3.05) is 6.54 Å². The number of hydrogen-bond donors (Lipinski definition) is 1. The van der Waals surface area contributed by atoms with Gasteiger partial charge in [0.25, 0.3) is 0 Å². The number of benzene rings is 1. The molecule has 0 spiro atoms. The molecule has 1 heterocycles. The van der Waals surface area contributed by atoms with Gasteiger partial charge >= 0.3 is 0 Å². The number of hydrogen-bond acceptors (Lipinski definition) is 2. The first-order chi connectivity index (χ1) is 8.59. The molecule has 0 aromatic heterocycles. The van der Waals surface area contributed by atoms with Crippen LogP contribution in [0.15, 0.2) is 28.7 Å². The Kier molecular flexibility index (Phi) is 4.82. The van der Waals surface area contributed by atoms with Crippen LogP contribution < -0.4 is 5.73 Å². The number of nitrogens with two attached hydrogens (primary N) is 1. The van der Waals surface area contributed by atoms with E-state index in [0.29, 0.717) is 12.1 Å². The fourth-order valence-corrected chi connectivity index (χ4v) is 3.34. The molecule has 1 fully saturated rings. The SMILES string of the molecule is CC(C)N1CCCCC(N)C1c1cccc(Br)c1. The van der Waals surface area contributed by atoms with Crippen molar-refractivity contribution in [2.24, 2.45) is 5.73 Å². The first kappa shape index (κ1) is 14.0. The monoisotopic (exact) mass is 310 g/mol. The molecule has 2 atom stereocenters. The van der Waals surface area contributed by atoms with Gasteiger partial charge in [0.05, 0.1) is 6.04 Å². The van der Waals surface area contributed by atoms with Gasteiger partial charge in [-0.1, -0.05) is 34.5 Å². The largest absolute Gasteiger partial charge is 0.326 e. The van der Waals surface area contributed by atoms with Crippen molar-refractivity contribution < 1.29 is 0 Å². The lowest BCUT2D eigenvalue weighted by molar-refractivity contribution is 0.144. The van der Waals surface area contributed by atoms with Crippen molar-refractivity contribution in [1.29, 1.82) is 0 Å². The average Bonchev–Trinajstić information content (AvgIpc) is 2.51. The van der Waals surface area contributed by atoms with E-state index in [1.165, 1.54) is 18.4 Å². The molecule has 1 aliphatic rings. The van der Waals surface area contributed by atoms with Gasteiger partial charge in [0, 0.05) is 16.6 Å². The summed E-state index contributed by atoms with van der Waals surface area (Å²) in [6, 6.07) is 9.73. The molecule has 2 unspecified atom stereocenters. The molecule has 0 bridgehead atoms. The zero-order valence-electron chi connectivity index (χ0n) is 11.3. The Morgan fingerprint density at radius 1 is 1.33 bits per heavy atom. The second-order valence-electron chi connectivity index (χ2n) is 5.49. The molecule has 2 nitrogen and oxygen atoms in total. The highest BCUT2D eigenvalue weighted by Gasteiger charge is 2.30. The van der Waals surface area contributed by atoms with Crippen LogP contribution in [0.25, 0.3) is 0 Å². The minimum atomic E-state index is 0.240. The van der Waals surface area contributed by atoms with Crippen LogP contribution >= 0.6 is 15.9 Å². The van der Waals surface area contributed by atoms with Crippen molar-refractivity contribution in [1.82, 2.24) is 4.90 Å². The molecule has 0 radical (unpaired) electrons. The molecule has 2 N–H and O–H groups in total. The molecule has 2 rings (SSSR count). The predicted molar refractivity (Wildman–Crippen MR) is 80.6 cm³/mol. The van der Waals surface area contributed by atoms with E-state index in [1.807, 2.05) is 0 Å². The summed E-state index contributed by atoms with van der Waals surface area (Å²) in [6.07, 6.45) is 3.63. The summed E-state index contributed by atoms with van der Waals surface area (Å²) in [5.74, 6) is 0. The quantitative estimate of drug-likeness (QED) is 0.902. The molecule has 1 aromatic rings. The van der Waals surface area contributed by atoms with Crippen LogP contribution in [0.1, 0.15) is 44.7 Å². The predicted octanol–water partition coefficient (Wildman–Crippen LogP) is 3.71. The molecule has 18 heavy (non-hydrogen) atoms. The van der Waals surface area contributed by atoms with Gasteiger partial charge < -0.3 is 5.73 Å². The van der Waals surface area contributed by atoms with Gasteiger partial charge in [-0.2, -0.15) is 0 Å². The van der Waals surface area contributed by atoms with Crippen LogP contribution in [0.5, 0.6) is 0 Å². The molecule has 0 saturated carbocycles. The van der Waals surface area contributed by atoms with Gasteiger partial charge in [0.2, 0.25) is 0 Å². The van der Waals surface area contributed by atoms with Gasteiger partial charge in [0.1, 0.15) is 0 Å². The van der Waals surface area contributed by atoms with Crippen molar-refractivity contribution >= 4 is 15.9 Å². The maximum Gasteiger partial charge on any atom is 0.0502 e. The standard InChI is InChI=1S/C15H23BrN2/c1-11(2)18-9-4-3-8-14(17)15(18)12-6-5-7-13(16)10-12/h5-7,10-11,14-15H,3-4,8-9,17H2,1-2H3. The molecule has 100 valence electrons. The topological polar surface area (TPSA) is 29.3 Å². The Morgan fingerprint density at radius 2 is 2.11 bits per heavy atom. The molecular formula is C15H23BrN2. The van der Waals surface area contributed by atoms with E-state index in [2.05, 4.69) is 58.9 Å². The maximum atomic E-state index is 6.43. The fraction of sp³-hybridized carbons (Fsp3) is 0.600. The Balaban J connectivity index is 2.34. The summed E-state index contributed by atoms with van der Waals surface area (Å²) in [6.45, 7) is 5.69. The molecular weight excluding hydrogens is 288 g/mol. The summed E-state index contributed by atoms with van der Waals surface area (Å²) >= 11 is 3.57. The highest BCUT2D eigenvalue weighted by molar-refractivity contribution is 9.10. The fourth-order valence-electron chi connectivity index (χ4n) is 2.93. The van der Waals surface area contributed by atoms with Gasteiger partial charge in [-0.05, 0) is 50.9 Å². The van der Waals surface area contributed by atoms with Gasteiger partial charge in [-0.3, -0.25) is 4.90 Å². The first-order valence-electron chi connectivity index (χ1n) is 6.86. The first-order valence-corrected chi connectivity index (χ1v) is 7.65. The van der Waals surface area contributed by atoms with Crippen LogP contribution in [0.3, 0.4) is 0 Å². The molecule has 1 aromatic carbocycles.